The SMILES string of the molecule is Cc1ccc(-c2nc(-c3ccc4oc5cc(-c6nc(-c7ccccc7)nc(-c7ccccc7)n6)ccc5c4c3)nc3c2sc2ccccc23)cc1. The van der Waals surface area contributed by atoms with Gasteiger partial charge in [-0.05, 0) is 43.3 Å². The van der Waals surface area contributed by atoms with Gasteiger partial charge in [0.05, 0.1) is 15.9 Å². The number of hydrogen-bond acceptors (Lipinski definition) is 7. The Balaban J connectivity index is 1.11. The van der Waals surface area contributed by atoms with Crippen molar-refractivity contribution in [2.24, 2.45) is 0 Å². The molecule has 0 aliphatic carbocycles. The third kappa shape index (κ3) is 5.14. The average molecular weight is 674 g/mol. The van der Waals surface area contributed by atoms with Gasteiger partial charge in [0.1, 0.15) is 11.2 Å². The Morgan fingerprint density at radius 3 is 1.75 bits per heavy atom. The van der Waals surface area contributed by atoms with Crippen LogP contribution in [0.15, 0.2) is 150 Å². The second-order valence-electron chi connectivity index (χ2n) is 12.6. The number of hydrogen-bond donors (Lipinski definition) is 0. The number of fused-ring (bicyclic) bond motifs is 6. The van der Waals surface area contributed by atoms with E-state index in [0.29, 0.717) is 23.3 Å². The topological polar surface area (TPSA) is 77.6 Å². The number of aromatic nitrogens is 5. The summed E-state index contributed by atoms with van der Waals surface area (Å²) in [5.41, 5.74) is 9.38. The van der Waals surface area contributed by atoms with Crippen LogP contribution in [0, 0.1) is 6.92 Å². The summed E-state index contributed by atoms with van der Waals surface area (Å²) in [6.07, 6.45) is 0. The van der Waals surface area contributed by atoms with E-state index in [2.05, 4.69) is 73.7 Å². The van der Waals surface area contributed by atoms with Gasteiger partial charge in [-0.15, -0.1) is 11.3 Å². The second kappa shape index (κ2) is 11.8. The summed E-state index contributed by atoms with van der Waals surface area (Å²) >= 11 is 1.74. The zero-order chi connectivity index (χ0) is 33.9. The highest BCUT2D eigenvalue weighted by molar-refractivity contribution is 7.26. The molecule has 0 atom stereocenters. The molecule has 0 aliphatic heterocycles. The van der Waals surface area contributed by atoms with Crippen molar-refractivity contribution in [3.05, 3.63) is 151 Å². The highest BCUT2D eigenvalue weighted by Gasteiger charge is 2.19. The Kier molecular flexibility index (Phi) is 6.79. The van der Waals surface area contributed by atoms with Crippen LogP contribution in [0.3, 0.4) is 0 Å². The Labute approximate surface area is 296 Å². The van der Waals surface area contributed by atoms with E-state index < -0.39 is 0 Å². The van der Waals surface area contributed by atoms with E-state index >= 15 is 0 Å². The number of furan rings is 1. The van der Waals surface area contributed by atoms with Crippen LogP contribution in [0.25, 0.3) is 99.1 Å². The molecule has 6 aromatic carbocycles. The molecule has 240 valence electrons. The Morgan fingerprint density at radius 1 is 0.431 bits per heavy atom. The van der Waals surface area contributed by atoms with Crippen LogP contribution >= 0.6 is 11.3 Å². The Bertz CT molecular complexity index is 2860. The van der Waals surface area contributed by atoms with Gasteiger partial charge in [0.15, 0.2) is 23.3 Å². The van der Waals surface area contributed by atoms with Gasteiger partial charge in [-0.2, -0.15) is 0 Å². The van der Waals surface area contributed by atoms with Gasteiger partial charge in [0, 0.05) is 48.7 Å². The molecule has 4 heterocycles. The van der Waals surface area contributed by atoms with Crippen molar-refractivity contribution in [1.82, 2.24) is 24.9 Å². The number of nitrogens with zero attached hydrogens (tertiary/aromatic N) is 5. The van der Waals surface area contributed by atoms with Crippen molar-refractivity contribution in [1.29, 1.82) is 0 Å². The molecule has 0 radical (unpaired) electrons. The lowest BCUT2D eigenvalue weighted by Gasteiger charge is -2.08. The molecule has 0 unspecified atom stereocenters. The van der Waals surface area contributed by atoms with Crippen molar-refractivity contribution >= 4 is 53.6 Å². The van der Waals surface area contributed by atoms with E-state index in [4.69, 9.17) is 29.3 Å². The van der Waals surface area contributed by atoms with E-state index in [1.165, 1.54) is 10.3 Å². The summed E-state index contributed by atoms with van der Waals surface area (Å²) in [4.78, 5) is 25.0. The minimum absolute atomic E-state index is 0.582. The molecule has 0 fully saturated rings. The van der Waals surface area contributed by atoms with E-state index in [-0.39, 0.29) is 0 Å². The maximum absolute atomic E-state index is 6.44. The Hall–Kier alpha value is -6.57. The monoisotopic (exact) mass is 673 g/mol. The molecule has 0 saturated carbocycles. The first-order chi connectivity index (χ1) is 25.1. The van der Waals surface area contributed by atoms with Crippen LogP contribution in [-0.4, -0.2) is 24.9 Å². The van der Waals surface area contributed by atoms with Crippen molar-refractivity contribution in [3.8, 4) is 56.8 Å². The normalized spacial score (nSPS) is 11.6. The van der Waals surface area contributed by atoms with Crippen LogP contribution in [0.4, 0.5) is 0 Å². The molecular weight excluding hydrogens is 647 g/mol. The molecule has 0 aliphatic rings. The first-order valence-corrected chi connectivity index (χ1v) is 17.6. The molecule has 0 amide bonds. The minimum Gasteiger partial charge on any atom is -0.456 e. The molecule has 0 saturated heterocycles. The number of thiophene rings is 1. The molecule has 4 aromatic heterocycles. The van der Waals surface area contributed by atoms with Crippen LogP contribution in [0.5, 0.6) is 0 Å². The van der Waals surface area contributed by atoms with Crippen molar-refractivity contribution in [2.45, 2.75) is 6.92 Å². The highest BCUT2D eigenvalue weighted by Crippen LogP contribution is 2.40. The predicted molar refractivity (Wildman–Crippen MR) is 208 cm³/mol. The second-order valence-corrected chi connectivity index (χ2v) is 13.7. The molecule has 10 rings (SSSR count). The maximum atomic E-state index is 6.44. The minimum atomic E-state index is 0.582. The van der Waals surface area contributed by atoms with Crippen molar-refractivity contribution < 1.29 is 4.42 Å². The first kappa shape index (κ1) is 29.4. The third-order valence-corrected chi connectivity index (χ3v) is 10.4. The van der Waals surface area contributed by atoms with E-state index in [1.54, 1.807) is 11.3 Å². The smallest absolute Gasteiger partial charge is 0.164 e. The van der Waals surface area contributed by atoms with Crippen LogP contribution in [0.1, 0.15) is 5.56 Å². The maximum Gasteiger partial charge on any atom is 0.164 e. The fourth-order valence-corrected chi connectivity index (χ4v) is 7.77. The zero-order valence-corrected chi connectivity index (χ0v) is 28.2. The fraction of sp³-hybridized carbons (Fsp3) is 0.0227. The fourth-order valence-electron chi connectivity index (χ4n) is 6.62. The quantitative estimate of drug-likeness (QED) is 0.181. The van der Waals surface area contributed by atoms with Crippen LogP contribution in [0.2, 0.25) is 0 Å². The van der Waals surface area contributed by atoms with Gasteiger partial charge in [-0.25, -0.2) is 24.9 Å². The highest BCUT2D eigenvalue weighted by atomic mass is 32.1. The largest absolute Gasteiger partial charge is 0.456 e. The van der Waals surface area contributed by atoms with Gasteiger partial charge < -0.3 is 4.42 Å². The van der Waals surface area contributed by atoms with Gasteiger partial charge in [0.2, 0.25) is 0 Å². The zero-order valence-electron chi connectivity index (χ0n) is 27.4. The Morgan fingerprint density at radius 2 is 1.02 bits per heavy atom. The molecule has 7 heteroatoms. The summed E-state index contributed by atoms with van der Waals surface area (Å²) < 4.78 is 8.74. The van der Waals surface area contributed by atoms with E-state index in [1.807, 2.05) is 78.9 Å². The number of rotatable bonds is 5. The van der Waals surface area contributed by atoms with Gasteiger partial charge >= 0.3 is 0 Å². The van der Waals surface area contributed by atoms with Gasteiger partial charge in [0.25, 0.3) is 0 Å². The molecule has 0 N–H and O–H groups in total. The van der Waals surface area contributed by atoms with E-state index in [9.17, 15) is 0 Å². The summed E-state index contributed by atoms with van der Waals surface area (Å²) in [6, 6.07) is 49.4. The molecule has 6 nitrogen and oxygen atoms in total. The lowest BCUT2D eigenvalue weighted by molar-refractivity contribution is 0.669. The summed E-state index contributed by atoms with van der Waals surface area (Å²) in [7, 11) is 0. The molecular formula is C44H27N5OS. The van der Waals surface area contributed by atoms with Crippen molar-refractivity contribution in [2.75, 3.05) is 0 Å². The third-order valence-electron chi connectivity index (χ3n) is 9.23. The lowest BCUT2D eigenvalue weighted by Crippen LogP contribution is -2.00. The van der Waals surface area contributed by atoms with E-state index in [0.717, 1.165) is 71.1 Å². The summed E-state index contributed by atoms with van der Waals surface area (Å²) in [5.74, 6) is 2.50. The molecule has 0 spiro atoms. The summed E-state index contributed by atoms with van der Waals surface area (Å²) in [5, 5.41) is 3.13. The average Bonchev–Trinajstić information content (AvgIpc) is 3.76. The molecule has 0 bridgehead atoms. The predicted octanol–water partition coefficient (Wildman–Crippen LogP) is 11.6. The first-order valence-electron chi connectivity index (χ1n) is 16.7. The lowest BCUT2D eigenvalue weighted by atomic mass is 10.1. The van der Waals surface area contributed by atoms with Gasteiger partial charge in [-0.1, -0.05) is 115 Å². The van der Waals surface area contributed by atoms with Crippen LogP contribution < -0.4 is 0 Å². The van der Waals surface area contributed by atoms with Crippen LogP contribution in [-0.2, 0) is 0 Å². The standard InChI is InChI=1S/C44H27N5OS/c1-26-16-18-27(19-17-26)38-40-39(33-14-8-9-15-37(33)51-40)46-43(45-38)30-21-23-35-34(24-30)32-22-20-31(25-36(32)50-35)44-48-41(28-10-4-2-5-11-28)47-42(49-44)29-12-6-3-7-13-29/h2-25H,1H3. The molecule has 51 heavy (non-hydrogen) atoms. The van der Waals surface area contributed by atoms with Gasteiger partial charge in [-0.3, -0.25) is 0 Å². The summed E-state index contributed by atoms with van der Waals surface area (Å²) in [6.45, 7) is 2.10. The van der Waals surface area contributed by atoms with Crippen molar-refractivity contribution in [3.63, 3.8) is 0 Å². The number of benzene rings is 6. The molecule has 10 aromatic rings. The number of aryl methyl sites for hydroxylation is 1.